The van der Waals surface area contributed by atoms with Gasteiger partial charge in [0.25, 0.3) is 0 Å². The van der Waals surface area contributed by atoms with Crippen molar-refractivity contribution in [1.29, 1.82) is 0 Å². The van der Waals surface area contributed by atoms with Gasteiger partial charge in [-0.3, -0.25) is 0 Å². The van der Waals surface area contributed by atoms with E-state index < -0.39 is 0 Å². The van der Waals surface area contributed by atoms with Crippen molar-refractivity contribution < 1.29 is 0 Å². The molecule has 3 nitrogen and oxygen atoms in total. The van der Waals surface area contributed by atoms with Crippen molar-refractivity contribution in [1.82, 2.24) is 15.1 Å². The van der Waals surface area contributed by atoms with E-state index in [1.54, 1.807) is 0 Å². The minimum Gasteiger partial charge on any atom is -0.319 e. The fourth-order valence-corrected chi connectivity index (χ4v) is 2.41. The molecular weight excluding hydrogens is 174 g/mol. The van der Waals surface area contributed by atoms with Crippen molar-refractivity contribution in [2.75, 3.05) is 53.4 Å². The summed E-state index contributed by atoms with van der Waals surface area (Å²) < 4.78 is 0. The van der Waals surface area contributed by atoms with Crippen LogP contribution in [0.15, 0.2) is 0 Å². The lowest BCUT2D eigenvalue weighted by atomic mass is 10.2. The lowest BCUT2D eigenvalue weighted by molar-refractivity contribution is 0.147. The topological polar surface area (TPSA) is 18.5 Å². The standard InChI is InChI=1S/C11H23N3/c1-12-8-10-7-11(10)9-14-5-3-13(2)4-6-14/h10-12H,3-9H2,1-2H3. The largest absolute Gasteiger partial charge is 0.319 e. The van der Waals surface area contributed by atoms with E-state index >= 15 is 0 Å². The van der Waals surface area contributed by atoms with Crippen LogP contribution in [0.3, 0.4) is 0 Å². The molecule has 0 aromatic rings. The Kier molecular flexibility index (Phi) is 3.42. The van der Waals surface area contributed by atoms with Gasteiger partial charge in [0.2, 0.25) is 0 Å². The van der Waals surface area contributed by atoms with Gasteiger partial charge in [-0.1, -0.05) is 0 Å². The van der Waals surface area contributed by atoms with Crippen LogP contribution < -0.4 is 5.32 Å². The zero-order valence-electron chi connectivity index (χ0n) is 9.50. The fourth-order valence-electron chi connectivity index (χ4n) is 2.41. The predicted octanol–water partition coefficient (Wildman–Crippen LogP) is 0.0893. The molecule has 2 fully saturated rings. The molecule has 2 rings (SSSR count). The van der Waals surface area contributed by atoms with Gasteiger partial charge in [0.1, 0.15) is 0 Å². The normalized spacial score (nSPS) is 34.7. The van der Waals surface area contributed by atoms with Crippen LogP contribution in [0.25, 0.3) is 0 Å². The Morgan fingerprint density at radius 1 is 1.14 bits per heavy atom. The average molecular weight is 197 g/mol. The van der Waals surface area contributed by atoms with Crippen LogP contribution in [0.4, 0.5) is 0 Å². The molecule has 0 radical (unpaired) electrons. The first-order chi connectivity index (χ1) is 6.79. The molecule has 0 bridgehead atoms. The maximum atomic E-state index is 3.28. The third-order valence-electron chi connectivity index (χ3n) is 3.62. The highest BCUT2D eigenvalue weighted by Crippen LogP contribution is 2.38. The molecule has 0 spiro atoms. The average Bonchev–Trinajstić information content (AvgIpc) is 2.89. The maximum Gasteiger partial charge on any atom is 0.0110 e. The number of rotatable bonds is 4. The molecule has 82 valence electrons. The first kappa shape index (κ1) is 10.4. The third kappa shape index (κ3) is 2.69. The summed E-state index contributed by atoms with van der Waals surface area (Å²) in [4.78, 5) is 5.06. The van der Waals surface area contributed by atoms with Gasteiger partial charge in [0.15, 0.2) is 0 Å². The quantitative estimate of drug-likeness (QED) is 0.689. The first-order valence-electron chi connectivity index (χ1n) is 5.85. The van der Waals surface area contributed by atoms with Gasteiger partial charge in [-0.25, -0.2) is 0 Å². The van der Waals surface area contributed by atoms with Gasteiger partial charge in [0.05, 0.1) is 0 Å². The molecule has 2 atom stereocenters. The molecule has 1 aliphatic heterocycles. The van der Waals surface area contributed by atoms with Gasteiger partial charge in [-0.05, 0) is 38.9 Å². The number of piperazine rings is 1. The number of likely N-dealkylation sites (N-methyl/N-ethyl adjacent to an activating group) is 1. The van der Waals surface area contributed by atoms with Crippen LogP contribution in [0, 0.1) is 11.8 Å². The minimum absolute atomic E-state index is 0.972. The molecule has 0 aromatic heterocycles. The number of hydrogen-bond donors (Lipinski definition) is 1. The van der Waals surface area contributed by atoms with Crippen LogP contribution >= 0.6 is 0 Å². The molecule has 1 N–H and O–H groups in total. The van der Waals surface area contributed by atoms with Crippen LogP contribution in [-0.2, 0) is 0 Å². The Bertz CT molecular complexity index is 175. The van der Waals surface area contributed by atoms with E-state index in [1.807, 2.05) is 0 Å². The SMILES string of the molecule is CNCC1CC1CN1CCN(C)CC1. The molecule has 0 amide bonds. The molecule has 2 unspecified atom stereocenters. The zero-order valence-corrected chi connectivity index (χ0v) is 9.50. The summed E-state index contributed by atoms with van der Waals surface area (Å²) in [5.74, 6) is 1.96. The zero-order chi connectivity index (χ0) is 9.97. The van der Waals surface area contributed by atoms with Crippen molar-refractivity contribution in [2.24, 2.45) is 11.8 Å². The Hall–Kier alpha value is -0.120. The summed E-state index contributed by atoms with van der Waals surface area (Å²) in [5, 5.41) is 3.28. The molecule has 1 heterocycles. The number of nitrogens with zero attached hydrogens (tertiary/aromatic N) is 2. The summed E-state index contributed by atoms with van der Waals surface area (Å²) >= 11 is 0. The number of nitrogens with one attached hydrogen (secondary N) is 1. The monoisotopic (exact) mass is 197 g/mol. The van der Waals surface area contributed by atoms with E-state index in [-0.39, 0.29) is 0 Å². The van der Waals surface area contributed by atoms with E-state index in [1.165, 1.54) is 45.7 Å². The molecule has 3 heteroatoms. The second kappa shape index (κ2) is 4.60. The van der Waals surface area contributed by atoms with Crippen molar-refractivity contribution in [2.45, 2.75) is 6.42 Å². The van der Waals surface area contributed by atoms with Gasteiger partial charge in [-0.2, -0.15) is 0 Å². The van der Waals surface area contributed by atoms with E-state index in [9.17, 15) is 0 Å². The lowest BCUT2D eigenvalue weighted by Crippen LogP contribution is -2.45. The van der Waals surface area contributed by atoms with Crippen LogP contribution in [0.1, 0.15) is 6.42 Å². The van der Waals surface area contributed by atoms with E-state index in [0.29, 0.717) is 0 Å². The fraction of sp³-hybridized carbons (Fsp3) is 1.00. The Morgan fingerprint density at radius 2 is 1.86 bits per heavy atom. The van der Waals surface area contributed by atoms with Gasteiger partial charge < -0.3 is 15.1 Å². The Labute approximate surface area is 87.4 Å². The lowest BCUT2D eigenvalue weighted by Gasteiger charge is -2.32. The van der Waals surface area contributed by atoms with Crippen molar-refractivity contribution >= 4 is 0 Å². The molecule has 0 aromatic carbocycles. The van der Waals surface area contributed by atoms with Crippen molar-refractivity contribution in [3.05, 3.63) is 0 Å². The molecular formula is C11H23N3. The Balaban J connectivity index is 1.62. The third-order valence-corrected chi connectivity index (χ3v) is 3.62. The van der Waals surface area contributed by atoms with E-state index in [2.05, 4.69) is 29.2 Å². The number of hydrogen-bond acceptors (Lipinski definition) is 3. The van der Waals surface area contributed by atoms with Crippen molar-refractivity contribution in [3.8, 4) is 0 Å². The highest BCUT2D eigenvalue weighted by molar-refractivity contribution is 4.90. The Morgan fingerprint density at radius 3 is 2.50 bits per heavy atom. The second-order valence-corrected chi connectivity index (χ2v) is 4.92. The summed E-state index contributed by atoms with van der Waals surface area (Å²) in [7, 11) is 4.28. The first-order valence-corrected chi connectivity index (χ1v) is 5.85. The predicted molar refractivity (Wildman–Crippen MR) is 59.5 cm³/mol. The summed E-state index contributed by atoms with van der Waals surface area (Å²) in [6, 6.07) is 0. The van der Waals surface area contributed by atoms with Crippen molar-refractivity contribution in [3.63, 3.8) is 0 Å². The maximum absolute atomic E-state index is 3.28. The van der Waals surface area contributed by atoms with Crippen LogP contribution in [-0.4, -0.2) is 63.2 Å². The van der Waals surface area contributed by atoms with E-state index in [4.69, 9.17) is 0 Å². The molecule has 1 aliphatic carbocycles. The van der Waals surface area contributed by atoms with Crippen LogP contribution in [0.2, 0.25) is 0 Å². The molecule has 2 aliphatic rings. The second-order valence-electron chi connectivity index (χ2n) is 4.92. The van der Waals surface area contributed by atoms with E-state index in [0.717, 1.165) is 11.8 Å². The van der Waals surface area contributed by atoms with Gasteiger partial charge >= 0.3 is 0 Å². The summed E-state index contributed by atoms with van der Waals surface area (Å²) in [5.41, 5.74) is 0. The van der Waals surface area contributed by atoms with Gasteiger partial charge in [0, 0.05) is 32.7 Å². The van der Waals surface area contributed by atoms with Gasteiger partial charge in [-0.15, -0.1) is 0 Å². The molecule has 1 saturated carbocycles. The highest BCUT2D eigenvalue weighted by Gasteiger charge is 2.37. The molecule has 14 heavy (non-hydrogen) atoms. The smallest absolute Gasteiger partial charge is 0.0110 e. The summed E-state index contributed by atoms with van der Waals surface area (Å²) in [6.45, 7) is 7.63. The summed E-state index contributed by atoms with van der Waals surface area (Å²) in [6.07, 6.45) is 1.45. The highest BCUT2D eigenvalue weighted by atomic mass is 15.2. The molecule has 1 saturated heterocycles. The minimum atomic E-state index is 0.972. The van der Waals surface area contributed by atoms with Crippen LogP contribution in [0.5, 0.6) is 0 Å².